The summed E-state index contributed by atoms with van der Waals surface area (Å²) < 4.78 is 5.36. The summed E-state index contributed by atoms with van der Waals surface area (Å²) in [5, 5.41) is 15.2. The highest BCUT2D eigenvalue weighted by molar-refractivity contribution is 5.97. The molecule has 0 saturated carbocycles. The number of nitrogens with zero attached hydrogens (tertiary/aromatic N) is 1. The Kier molecular flexibility index (Phi) is 6.03. The summed E-state index contributed by atoms with van der Waals surface area (Å²) in [5.74, 6) is 1.44. The lowest BCUT2D eigenvalue weighted by atomic mass is 9.82. The molecule has 0 saturated heterocycles. The topological polar surface area (TPSA) is 79.9 Å². The van der Waals surface area contributed by atoms with Gasteiger partial charge < -0.3 is 21.0 Å². The van der Waals surface area contributed by atoms with Crippen molar-refractivity contribution in [1.29, 1.82) is 0 Å². The number of methoxy groups -OCH3 is 1. The third kappa shape index (κ3) is 4.93. The van der Waals surface area contributed by atoms with E-state index in [1.807, 2.05) is 12.1 Å². The van der Waals surface area contributed by atoms with Gasteiger partial charge in [0.05, 0.1) is 7.11 Å². The molecule has 0 radical (unpaired) electrons. The second kappa shape index (κ2) is 7.31. The predicted octanol–water partition coefficient (Wildman–Crippen LogP) is 2.56. The Balaban J connectivity index is 2.77. The molecule has 0 bridgehead atoms. The Labute approximate surface area is 127 Å². The van der Waals surface area contributed by atoms with Gasteiger partial charge in [-0.2, -0.15) is 0 Å². The molecule has 0 heterocycles. The minimum atomic E-state index is 0.0990. The third-order valence-electron chi connectivity index (χ3n) is 3.93. The van der Waals surface area contributed by atoms with Gasteiger partial charge in [-0.1, -0.05) is 32.9 Å². The smallest absolute Gasteiger partial charge is 0.170 e. The number of oxime groups is 1. The van der Waals surface area contributed by atoms with Gasteiger partial charge in [0, 0.05) is 17.7 Å². The summed E-state index contributed by atoms with van der Waals surface area (Å²) in [6, 6.07) is 5.48. The van der Waals surface area contributed by atoms with Gasteiger partial charge >= 0.3 is 0 Å². The van der Waals surface area contributed by atoms with Crippen LogP contribution in [0.25, 0.3) is 0 Å². The fourth-order valence-electron chi connectivity index (χ4n) is 1.86. The SMILES string of the molecule is COc1ccc(/C(N)=N/O)cc1CNCC(C)C(C)(C)C. The van der Waals surface area contributed by atoms with Crippen LogP contribution in [0, 0.1) is 11.3 Å². The van der Waals surface area contributed by atoms with E-state index in [0.29, 0.717) is 18.0 Å². The van der Waals surface area contributed by atoms with Gasteiger partial charge in [0.1, 0.15) is 5.75 Å². The number of hydrogen-bond acceptors (Lipinski definition) is 4. The first-order valence-corrected chi connectivity index (χ1v) is 7.15. The normalized spacial score (nSPS) is 14.0. The first-order chi connectivity index (χ1) is 9.79. The number of nitrogens with two attached hydrogens (primary N) is 1. The number of amidine groups is 1. The van der Waals surface area contributed by atoms with Gasteiger partial charge in [0.15, 0.2) is 5.84 Å². The maximum Gasteiger partial charge on any atom is 0.170 e. The van der Waals surface area contributed by atoms with Crippen LogP contribution in [0.3, 0.4) is 0 Å². The van der Waals surface area contributed by atoms with Crippen molar-refractivity contribution < 1.29 is 9.94 Å². The molecule has 1 aromatic carbocycles. The number of benzene rings is 1. The highest BCUT2D eigenvalue weighted by atomic mass is 16.5. The second-order valence-electron chi connectivity index (χ2n) is 6.41. The Morgan fingerprint density at radius 3 is 2.62 bits per heavy atom. The minimum absolute atomic E-state index is 0.0990. The van der Waals surface area contributed by atoms with E-state index in [1.54, 1.807) is 13.2 Å². The molecular weight excluding hydrogens is 266 g/mol. The molecule has 0 aliphatic heterocycles. The van der Waals surface area contributed by atoms with Crippen LogP contribution in [0.4, 0.5) is 0 Å². The molecule has 0 amide bonds. The number of ether oxygens (including phenoxy) is 1. The van der Waals surface area contributed by atoms with Crippen LogP contribution < -0.4 is 15.8 Å². The van der Waals surface area contributed by atoms with E-state index in [9.17, 15) is 0 Å². The summed E-state index contributed by atoms with van der Waals surface area (Å²) in [4.78, 5) is 0. The lowest BCUT2D eigenvalue weighted by Crippen LogP contribution is -2.29. The Morgan fingerprint density at radius 1 is 1.43 bits per heavy atom. The quantitative estimate of drug-likeness (QED) is 0.326. The van der Waals surface area contributed by atoms with Gasteiger partial charge in [0.2, 0.25) is 0 Å². The van der Waals surface area contributed by atoms with E-state index in [1.165, 1.54) is 0 Å². The number of rotatable bonds is 6. The molecular formula is C16H27N3O2. The van der Waals surface area contributed by atoms with Crippen LogP contribution in [0.5, 0.6) is 5.75 Å². The van der Waals surface area contributed by atoms with Crippen molar-refractivity contribution in [3.63, 3.8) is 0 Å². The average molecular weight is 293 g/mol. The van der Waals surface area contributed by atoms with Crippen molar-refractivity contribution in [2.24, 2.45) is 22.2 Å². The zero-order chi connectivity index (χ0) is 16.0. The summed E-state index contributed by atoms with van der Waals surface area (Å²) in [7, 11) is 1.64. The highest BCUT2D eigenvalue weighted by Crippen LogP contribution is 2.25. The molecule has 1 atom stereocenters. The van der Waals surface area contributed by atoms with Crippen LogP contribution in [0.2, 0.25) is 0 Å². The standard InChI is InChI=1S/C16H27N3O2/c1-11(16(2,3)4)9-18-10-13-8-12(15(17)19-20)6-7-14(13)21-5/h6-8,11,18,20H,9-10H2,1-5H3,(H2,17,19). The molecule has 0 spiro atoms. The highest BCUT2D eigenvalue weighted by Gasteiger charge is 2.19. The Bertz CT molecular complexity index is 493. The third-order valence-corrected chi connectivity index (χ3v) is 3.93. The number of nitrogens with one attached hydrogen (secondary N) is 1. The van der Waals surface area contributed by atoms with Crippen molar-refractivity contribution in [3.05, 3.63) is 29.3 Å². The monoisotopic (exact) mass is 293 g/mol. The van der Waals surface area contributed by atoms with Gasteiger partial charge in [-0.3, -0.25) is 0 Å². The summed E-state index contributed by atoms with van der Waals surface area (Å²) in [6.45, 7) is 10.5. The molecule has 118 valence electrons. The van der Waals surface area contributed by atoms with E-state index in [0.717, 1.165) is 17.9 Å². The van der Waals surface area contributed by atoms with Crippen molar-refractivity contribution in [3.8, 4) is 5.75 Å². The maximum atomic E-state index is 8.76. The zero-order valence-electron chi connectivity index (χ0n) is 13.6. The molecule has 21 heavy (non-hydrogen) atoms. The van der Waals surface area contributed by atoms with Crippen LogP contribution in [-0.4, -0.2) is 24.7 Å². The lowest BCUT2D eigenvalue weighted by molar-refractivity contribution is 0.252. The molecule has 0 aromatic heterocycles. The van der Waals surface area contributed by atoms with Crippen molar-refractivity contribution in [2.45, 2.75) is 34.2 Å². The maximum absolute atomic E-state index is 8.76. The van der Waals surface area contributed by atoms with E-state index >= 15 is 0 Å². The fourth-order valence-corrected chi connectivity index (χ4v) is 1.86. The fraction of sp³-hybridized carbons (Fsp3) is 0.562. The molecule has 0 fully saturated rings. The number of hydrogen-bond donors (Lipinski definition) is 3. The first-order valence-electron chi connectivity index (χ1n) is 7.15. The zero-order valence-corrected chi connectivity index (χ0v) is 13.6. The van der Waals surface area contributed by atoms with Gasteiger partial charge in [-0.05, 0) is 36.1 Å². The van der Waals surface area contributed by atoms with E-state index in [2.05, 4.69) is 38.2 Å². The molecule has 1 unspecified atom stereocenters. The minimum Gasteiger partial charge on any atom is -0.496 e. The van der Waals surface area contributed by atoms with Crippen LogP contribution in [-0.2, 0) is 6.54 Å². The summed E-state index contributed by atoms with van der Waals surface area (Å²) >= 11 is 0. The summed E-state index contributed by atoms with van der Waals surface area (Å²) in [5.41, 5.74) is 7.57. The Morgan fingerprint density at radius 2 is 2.10 bits per heavy atom. The van der Waals surface area contributed by atoms with E-state index in [4.69, 9.17) is 15.7 Å². The Hall–Kier alpha value is -1.75. The van der Waals surface area contributed by atoms with Crippen LogP contribution >= 0.6 is 0 Å². The molecule has 5 nitrogen and oxygen atoms in total. The van der Waals surface area contributed by atoms with Gasteiger partial charge in [-0.15, -0.1) is 0 Å². The van der Waals surface area contributed by atoms with Gasteiger partial charge in [0.25, 0.3) is 0 Å². The van der Waals surface area contributed by atoms with Crippen molar-refractivity contribution in [1.82, 2.24) is 5.32 Å². The van der Waals surface area contributed by atoms with Crippen molar-refractivity contribution >= 4 is 5.84 Å². The molecule has 5 heteroatoms. The molecule has 1 rings (SSSR count). The molecule has 4 N–H and O–H groups in total. The van der Waals surface area contributed by atoms with E-state index in [-0.39, 0.29) is 11.3 Å². The van der Waals surface area contributed by atoms with Crippen LogP contribution in [0.1, 0.15) is 38.8 Å². The largest absolute Gasteiger partial charge is 0.496 e. The van der Waals surface area contributed by atoms with Crippen molar-refractivity contribution in [2.75, 3.05) is 13.7 Å². The molecule has 0 aliphatic carbocycles. The van der Waals surface area contributed by atoms with Gasteiger partial charge in [-0.25, -0.2) is 0 Å². The second-order valence-corrected chi connectivity index (χ2v) is 6.41. The lowest BCUT2D eigenvalue weighted by Gasteiger charge is -2.27. The predicted molar refractivity (Wildman–Crippen MR) is 85.8 cm³/mol. The van der Waals surface area contributed by atoms with Crippen LogP contribution in [0.15, 0.2) is 23.4 Å². The molecule has 0 aliphatic rings. The average Bonchev–Trinajstić information content (AvgIpc) is 2.45. The molecule has 1 aromatic rings. The first kappa shape index (κ1) is 17.3. The van der Waals surface area contributed by atoms with E-state index < -0.39 is 0 Å². The summed E-state index contributed by atoms with van der Waals surface area (Å²) in [6.07, 6.45) is 0.